The fraction of sp³-hybridized carbons (Fsp3) is 0.333. The van der Waals surface area contributed by atoms with Crippen LogP contribution in [0.25, 0.3) is 0 Å². The van der Waals surface area contributed by atoms with E-state index in [-0.39, 0.29) is 11.9 Å². The SMILES string of the molecule is CCN1C(=O)Cc2ccc(C(=O)OC)cc21. The summed E-state index contributed by atoms with van der Waals surface area (Å²) in [5.41, 5.74) is 2.28. The summed E-state index contributed by atoms with van der Waals surface area (Å²) in [6.07, 6.45) is 0.421. The quantitative estimate of drug-likeness (QED) is 0.706. The lowest BCUT2D eigenvalue weighted by Crippen LogP contribution is -2.26. The van der Waals surface area contributed by atoms with Crippen LogP contribution in [0.2, 0.25) is 0 Å². The number of esters is 1. The molecule has 1 aromatic rings. The summed E-state index contributed by atoms with van der Waals surface area (Å²) in [7, 11) is 1.35. The predicted molar refractivity (Wildman–Crippen MR) is 59.5 cm³/mol. The van der Waals surface area contributed by atoms with Crippen LogP contribution in [-0.2, 0) is 16.0 Å². The van der Waals surface area contributed by atoms with E-state index in [0.29, 0.717) is 18.5 Å². The van der Waals surface area contributed by atoms with Crippen LogP contribution >= 0.6 is 0 Å². The number of anilines is 1. The van der Waals surface area contributed by atoms with Crippen LogP contribution in [0, 0.1) is 0 Å². The van der Waals surface area contributed by atoms with E-state index >= 15 is 0 Å². The third-order valence-electron chi connectivity index (χ3n) is 2.76. The van der Waals surface area contributed by atoms with Gasteiger partial charge in [-0.2, -0.15) is 0 Å². The molecule has 16 heavy (non-hydrogen) atoms. The molecule has 0 spiro atoms. The summed E-state index contributed by atoms with van der Waals surface area (Å²) < 4.78 is 4.65. The summed E-state index contributed by atoms with van der Waals surface area (Å²) in [4.78, 5) is 24.7. The lowest BCUT2D eigenvalue weighted by atomic mass is 10.1. The van der Waals surface area contributed by atoms with E-state index < -0.39 is 0 Å². The summed E-state index contributed by atoms with van der Waals surface area (Å²) in [6.45, 7) is 2.54. The zero-order valence-corrected chi connectivity index (χ0v) is 9.32. The van der Waals surface area contributed by atoms with E-state index in [4.69, 9.17) is 0 Å². The van der Waals surface area contributed by atoms with Crippen LogP contribution in [0.15, 0.2) is 18.2 Å². The first-order valence-corrected chi connectivity index (χ1v) is 5.19. The highest BCUT2D eigenvalue weighted by Crippen LogP contribution is 2.29. The molecule has 1 aliphatic heterocycles. The Morgan fingerprint density at radius 3 is 2.88 bits per heavy atom. The van der Waals surface area contributed by atoms with Gasteiger partial charge in [0.25, 0.3) is 0 Å². The molecule has 0 radical (unpaired) electrons. The van der Waals surface area contributed by atoms with E-state index in [1.54, 1.807) is 17.0 Å². The Bertz CT molecular complexity index is 454. The first kappa shape index (κ1) is 10.7. The Balaban J connectivity index is 2.43. The molecule has 0 saturated heterocycles. The highest BCUT2D eigenvalue weighted by molar-refractivity contribution is 6.03. The second-order valence-corrected chi connectivity index (χ2v) is 3.65. The molecule has 1 amide bonds. The molecule has 1 aliphatic rings. The van der Waals surface area contributed by atoms with Crippen molar-refractivity contribution < 1.29 is 14.3 Å². The van der Waals surface area contributed by atoms with Gasteiger partial charge in [0.2, 0.25) is 5.91 Å². The van der Waals surface area contributed by atoms with Gasteiger partial charge in [0.05, 0.1) is 19.1 Å². The van der Waals surface area contributed by atoms with E-state index in [9.17, 15) is 9.59 Å². The van der Waals surface area contributed by atoms with Crippen molar-refractivity contribution in [3.63, 3.8) is 0 Å². The molecule has 4 nitrogen and oxygen atoms in total. The molecule has 1 aromatic carbocycles. The summed E-state index contributed by atoms with van der Waals surface area (Å²) in [5, 5.41) is 0. The van der Waals surface area contributed by atoms with Crippen molar-refractivity contribution in [1.29, 1.82) is 0 Å². The van der Waals surface area contributed by atoms with Gasteiger partial charge in [-0.1, -0.05) is 6.07 Å². The van der Waals surface area contributed by atoms with Crippen LogP contribution in [0.3, 0.4) is 0 Å². The predicted octanol–water partition coefficient (Wildman–Crippen LogP) is 1.38. The number of ether oxygens (including phenoxy) is 1. The van der Waals surface area contributed by atoms with E-state index in [1.165, 1.54) is 7.11 Å². The van der Waals surface area contributed by atoms with Crippen molar-refractivity contribution in [3.8, 4) is 0 Å². The molecule has 84 valence electrons. The molecule has 0 bridgehead atoms. The molecule has 0 N–H and O–H groups in total. The van der Waals surface area contributed by atoms with Gasteiger partial charge in [-0.3, -0.25) is 4.79 Å². The minimum atomic E-state index is -0.377. The molecule has 0 aliphatic carbocycles. The lowest BCUT2D eigenvalue weighted by Gasteiger charge is -2.14. The second kappa shape index (κ2) is 3.96. The van der Waals surface area contributed by atoms with Crippen molar-refractivity contribution >= 4 is 17.6 Å². The minimum absolute atomic E-state index is 0.0829. The first-order chi connectivity index (χ1) is 7.67. The average molecular weight is 219 g/mol. The fourth-order valence-corrected chi connectivity index (χ4v) is 1.95. The highest BCUT2D eigenvalue weighted by Gasteiger charge is 2.26. The zero-order chi connectivity index (χ0) is 11.7. The largest absolute Gasteiger partial charge is 0.465 e. The first-order valence-electron chi connectivity index (χ1n) is 5.19. The molecule has 0 saturated carbocycles. The highest BCUT2D eigenvalue weighted by atomic mass is 16.5. The number of fused-ring (bicyclic) bond motifs is 1. The van der Waals surface area contributed by atoms with Crippen LogP contribution < -0.4 is 4.90 Å². The Hall–Kier alpha value is -1.84. The maximum atomic E-state index is 11.6. The molecular formula is C12H13NO3. The Morgan fingerprint density at radius 1 is 1.50 bits per heavy atom. The summed E-state index contributed by atoms with van der Waals surface area (Å²) >= 11 is 0. The number of amides is 1. The number of rotatable bonds is 2. The van der Waals surface area contributed by atoms with Crippen molar-refractivity contribution in [2.24, 2.45) is 0 Å². The molecule has 0 atom stereocenters. The Labute approximate surface area is 93.8 Å². The fourth-order valence-electron chi connectivity index (χ4n) is 1.95. The van der Waals surface area contributed by atoms with Crippen LogP contribution in [-0.4, -0.2) is 25.5 Å². The Morgan fingerprint density at radius 2 is 2.25 bits per heavy atom. The van der Waals surface area contributed by atoms with Gasteiger partial charge in [-0.15, -0.1) is 0 Å². The number of benzene rings is 1. The summed E-state index contributed by atoms with van der Waals surface area (Å²) in [5.74, 6) is -0.294. The molecule has 4 heteroatoms. The van der Waals surface area contributed by atoms with Crippen LogP contribution in [0.5, 0.6) is 0 Å². The summed E-state index contributed by atoms with van der Waals surface area (Å²) in [6, 6.07) is 5.22. The van der Waals surface area contributed by atoms with E-state index in [0.717, 1.165) is 11.3 Å². The molecule has 0 aromatic heterocycles. The molecular weight excluding hydrogens is 206 g/mol. The van der Waals surface area contributed by atoms with Gasteiger partial charge in [-0.05, 0) is 24.6 Å². The molecule has 0 unspecified atom stereocenters. The molecule has 1 heterocycles. The lowest BCUT2D eigenvalue weighted by molar-refractivity contribution is -0.117. The second-order valence-electron chi connectivity index (χ2n) is 3.65. The number of carbonyl (C=O) groups excluding carboxylic acids is 2. The molecule has 2 rings (SSSR count). The van der Waals surface area contributed by atoms with Crippen molar-refractivity contribution in [2.45, 2.75) is 13.3 Å². The standard InChI is InChI=1S/C12H13NO3/c1-3-13-10-6-9(12(15)16-2)5-4-8(10)7-11(13)14/h4-6H,3,7H2,1-2H3. The minimum Gasteiger partial charge on any atom is -0.465 e. The van der Waals surface area contributed by atoms with Crippen molar-refractivity contribution in [3.05, 3.63) is 29.3 Å². The third kappa shape index (κ3) is 1.56. The third-order valence-corrected chi connectivity index (χ3v) is 2.76. The zero-order valence-electron chi connectivity index (χ0n) is 9.32. The monoisotopic (exact) mass is 219 g/mol. The number of hydrogen-bond acceptors (Lipinski definition) is 3. The van der Waals surface area contributed by atoms with Crippen molar-refractivity contribution in [2.75, 3.05) is 18.6 Å². The van der Waals surface area contributed by atoms with Crippen LogP contribution in [0.4, 0.5) is 5.69 Å². The average Bonchev–Trinajstić information content (AvgIpc) is 2.62. The number of hydrogen-bond donors (Lipinski definition) is 0. The van der Waals surface area contributed by atoms with E-state index in [1.807, 2.05) is 13.0 Å². The van der Waals surface area contributed by atoms with Gasteiger partial charge in [-0.25, -0.2) is 4.79 Å². The topological polar surface area (TPSA) is 46.6 Å². The molecule has 0 fully saturated rings. The maximum Gasteiger partial charge on any atom is 0.337 e. The maximum absolute atomic E-state index is 11.6. The van der Waals surface area contributed by atoms with Gasteiger partial charge < -0.3 is 9.64 Å². The van der Waals surface area contributed by atoms with Gasteiger partial charge in [0.15, 0.2) is 0 Å². The van der Waals surface area contributed by atoms with Gasteiger partial charge >= 0.3 is 5.97 Å². The number of nitrogens with zero attached hydrogens (tertiary/aromatic N) is 1. The normalized spacial score (nSPS) is 13.9. The number of likely N-dealkylation sites (N-methyl/N-ethyl adjacent to an activating group) is 1. The van der Waals surface area contributed by atoms with Gasteiger partial charge in [0.1, 0.15) is 0 Å². The smallest absolute Gasteiger partial charge is 0.337 e. The number of carbonyl (C=O) groups is 2. The van der Waals surface area contributed by atoms with E-state index in [2.05, 4.69) is 4.74 Å². The van der Waals surface area contributed by atoms with Gasteiger partial charge in [0, 0.05) is 12.2 Å². The van der Waals surface area contributed by atoms with Crippen LogP contribution in [0.1, 0.15) is 22.8 Å². The van der Waals surface area contributed by atoms with Crippen molar-refractivity contribution in [1.82, 2.24) is 0 Å². The number of methoxy groups -OCH3 is 1. The Kier molecular flexibility index (Phi) is 2.64.